The van der Waals surface area contributed by atoms with Gasteiger partial charge in [0.1, 0.15) is 5.65 Å². The summed E-state index contributed by atoms with van der Waals surface area (Å²) in [4.78, 5) is 26.7. The van der Waals surface area contributed by atoms with E-state index in [0.29, 0.717) is 40.8 Å². The quantitative estimate of drug-likeness (QED) is 0.497. The molecule has 6 nitrogen and oxygen atoms in total. The van der Waals surface area contributed by atoms with Crippen LogP contribution in [0.4, 0.5) is 4.39 Å². The summed E-state index contributed by atoms with van der Waals surface area (Å²) in [5, 5.41) is 0.915. The van der Waals surface area contributed by atoms with Gasteiger partial charge in [-0.25, -0.2) is 14.4 Å². The van der Waals surface area contributed by atoms with Crippen LogP contribution >= 0.6 is 11.6 Å². The molecule has 3 saturated carbocycles. The van der Waals surface area contributed by atoms with E-state index in [9.17, 15) is 4.79 Å². The number of allylic oxidation sites excluding steroid dienone is 1. The number of carbonyl (C=O) groups excluding carboxylic acids is 1. The second kappa shape index (κ2) is 7.90. The summed E-state index contributed by atoms with van der Waals surface area (Å²) in [6.07, 6.45) is 11.5. The van der Waals surface area contributed by atoms with Gasteiger partial charge < -0.3 is 9.30 Å². The Morgan fingerprint density at radius 1 is 1.21 bits per heavy atom. The van der Waals surface area contributed by atoms with Crippen LogP contribution in [-0.4, -0.2) is 32.1 Å². The summed E-state index contributed by atoms with van der Waals surface area (Å²) < 4.78 is 22.4. The molecule has 2 bridgehead atoms. The van der Waals surface area contributed by atoms with Crippen LogP contribution in [0.25, 0.3) is 16.6 Å². The second-order valence-corrected chi connectivity index (χ2v) is 9.66. The lowest BCUT2D eigenvalue weighted by Gasteiger charge is -2.47. The zero-order chi connectivity index (χ0) is 22.7. The number of ether oxygens (including phenoxy) is 1. The number of hydrogen-bond acceptors (Lipinski definition) is 5. The number of nitrogens with zero attached hydrogens (tertiary/aromatic N) is 4. The molecule has 8 heteroatoms. The van der Waals surface area contributed by atoms with Gasteiger partial charge in [-0.15, -0.1) is 0 Å². The third kappa shape index (κ3) is 3.28. The molecule has 2 atom stereocenters. The van der Waals surface area contributed by atoms with Crippen LogP contribution in [-0.2, 0) is 16.0 Å². The molecule has 0 amide bonds. The van der Waals surface area contributed by atoms with Gasteiger partial charge in [0.25, 0.3) is 0 Å². The summed E-state index contributed by atoms with van der Waals surface area (Å²) in [5.74, 6) is 0.247. The van der Waals surface area contributed by atoms with Crippen LogP contribution in [0.3, 0.4) is 0 Å². The molecule has 0 unspecified atom stereocenters. The van der Waals surface area contributed by atoms with E-state index in [4.69, 9.17) is 21.3 Å². The average molecular weight is 467 g/mol. The first-order valence-corrected chi connectivity index (χ1v) is 12.0. The van der Waals surface area contributed by atoms with E-state index in [1.807, 2.05) is 23.6 Å². The number of fused-ring (bicyclic) bond motifs is 5. The van der Waals surface area contributed by atoms with Crippen molar-refractivity contribution in [3.63, 3.8) is 0 Å². The maximum absolute atomic E-state index is 15.0. The molecule has 4 aliphatic carbocycles. The molecule has 3 fully saturated rings. The van der Waals surface area contributed by atoms with Gasteiger partial charge >= 0.3 is 5.97 Å². The predicted octanol–water partition coefficient (Wildman–Crippen LogP) is 5.15. The lowest BCUT2D eigenvalue weighted by Crippen LogP contribution is -2.45. The van der Waals surface area contributed by atoms with Crippen LogP contribution in [0.1, 0.15) is 55.7 Å². The third-order valence-electron chi connectivity index (χ3n) is 7.55. The predicted molar refractivity (Wildman–Crippen MR) is 122 cm³/mol. The largest absolute Gasteiger partial charge is 0.466 e. The van der Waals surface area contributed by atoms with Gasteiger partial charge in [-0.1, -0.05) is 17.7 Å². The van der Waals surface area contributed by atoms with Crippen molar-refractivity contribution in [2.75, 3.05) is 6.61 Å². The van der Waals surface area contributed by atoms with Gasteiger partial charge in [-0.05, 0) is 50.5 Å². The highest BCUT2D eigenvalue weighted by Crippen LogP contribution is 2.52. The molecule has 0 spiro atoms. The number of esters is 1. The fraction of sp³-hybridized carbons (Fsp3) is 0.440. The number of pyridine rings is 1. The second-order valence-electron chi connectivity index (χ2n) is 9.23. The van der Waals surface area contributed by atoms with E-state index < -0.39 is 0 Å². The molecule has 3 aromatic heterocycles. The summed E-state index contributed by atoms with van der Waals surface area (Å²) in [6, 6.07) is 1.71. The molecule has 3 aromatic rings. The molecule has 0 aromatic carbocycles. The van der Waals surface area contributed by atoms with Gasteiger partial charge in [0.05, 0.1) is 34.7 Å². The molecule has 170 valence electrons. The zero-order valence-electron chi connectivity index (χ0n) is 18.3. The minimum atomic E-state index is -0.369. The summed E-state index contributed by atoms with van der Waals surface area (Å²) in [6.45, 7) is 2.17. The Kier molecular flexibility index (Phi) is 4.98. The lowest BCUT2D eigenvalue weighted by atomic mass is 9.61. The van der Waals surface area contributed by atoms with Crippen molar-refractivity contribution >= 4 is 34.2 Å². The van der Waals surface area contributed by atoms with Gasteiger partial charge in [0, 0.05) is 36.1 Å². The van der Waals surface area contributed by atoms with E-state index >= 15 is 4.39 Å². The Balaban J connectivity index is 1.47. The van der Waals surface area contributed by atoms with Crippen molar-refractivity contribution < 1.29 is 13.9 Å². The first kappa shape index (κ1) is 20.8. The highest BCUT2D eigenvalue weighted by atomic mass is 35.5. The molecule has 7 rings (SSSR count). The van der Waals surface area contributed by atoms with Gasteiger partial charge in [-0.3, -0.25) is 9.78 Å². The minimum absolute atomic E-state index is 0.160. The standard InChI is InChI=1S/C25H24ClFN4O2/c1-2-33-25(32)21-13-3-5-14(6-4-13)22(21)31-12-19(27)18-11-29-23(30-24(18)31)16-7-8-20-17(16)9-15(26)10-28-20/h7,9-14,21-22H,2-6,8H2,1H3/t13?,14?,21-,22-/m0/s1. The topological polar surface area (TPSA) is 69.9 Å². The zero-order valence-corrected chi connectivity index (χ0v) is 19.1. The lowest BCUT2D eigenvalue weighted by molar-refractivity contribution is -0.157. The highest BCUT2D eigenvalue weighted by molar-refractivity contribution is 6.30. The summed E-state index contributed by atoms with van der Waals surface area (Å²) >= 11 is 6.18. The molecule has 0 N–H and O–H groups in total. The Hall–Kier alpha value is -2.80. The van der Waals surface area contributed by atoms with Crippen LogP contribution in [0.2, 0.25) is 5.02 Å². The SMILES string of the molecule is CCOC(=O)[C@H]1C2CCC(CC2)[C@@H]1n1cc(F)c2cnc(C3=CCc4ncc(Cl)cc43)nc21. The number of aromatic nitrogens is 4. The van der Waals surface area contributed by atoms with Crippen molar-refractivity contribution in [1.82, 2.24) is 19.5 Å². The van der Waals surface area contributed by atoms with Crippen LogP contribution in [0.15, 0.2) is 30.7 Å². The highest BCUT2D eigenvalue weighted by Gasteiger charge is 2.49. The molecule has 4 aliphatic rings. The van der Waals surface area contributed by atoms with Crippen molar-refractivity contribution in [3.8, 4) is 0 Å². The maximum Gasteiger partial charge on any atom is 0.311 e. The molecule has 0 radical (unpaired) electrons. The van der Waals surface area contributed by atoms with Crippen molar-refractivity contribution in [2.45, 2.75) is 45.1 Å². The number of rotatable bonds is 4. The van der Waals surface area contributed by atoms with Crippen molar-refractivity contribution in [1.29, 1.82) is 0 Å². The number of carbonyl (C=O) groups is 1. The fourth-order valence-electron chi connectivity index (χ4n) is 6.12. The Morgan fingerprint density at radius 3 is 2.79 bits per heavy atom. The van der Waals surface area contributed by atoms with Crippen molar-refractivity contribution in [2.24, 2.45) is 17.8 Å². The van der Waals surface area contributed by atoms with E-state index in [0.717, 1.165) is 42.5 Å². The summed E-state index contributed by atoms with van der Waals surface area (Å²) in [5.41, 5.74) is 3.20. The van der Waals surface area contributed by atoms with Gasteiger partial charge in [0.15, 0.2) is 11.6 Å². The number of halogens is 2. The molecular formula is C25H24ClFN4O2. The first-order valence-electron chi connectivity index (χ1n) is 11.6. The van der Waals surface area contributed by atoms with E-state index in [1.165, 1.54) is 6.20 Å². The van der Waals surface area contributed by atoms with Crippen LogP contribution in [0.5, 0.6) is 0 Å². The smallest absolute Gasteiger partial charge is 0.311 e. The molecular weight excluding hydrogens is 443 g/mol. The molecule has 0 saturated heterocycles. The Labute approximate surface area is 195 Å². The van der Waals surface area contributed by atoms with E-state index in [-0.39, 0.29) is 29.7 Å². The maximum atomic E-state index is 15.0. The normalized spacial score (nSPS) is 25.8. The Morgan fingerprint density at radius 2 is 2.00 bits per heavy atom. The van der Waals surface area contributed by atoms with Crippen LogP contribution in [0, 0.1) is 23.6 Å². The first-order chi connectivity index (χ1) is 16.0. The van der Waals surface area contributed by atoms with Gasteiger partial charge in [0.2, 0.25) is 0 Å². The molecule has 33 heavy (non-hydrogen) atoms. The fourth-order valence-corrected chi connectivity index (χ4v) is 6.28. The van der Waals surface area contributed by atoms with Gasteiger partial charge in [-0.2, -0.15) is 0 Å². The monoisotopic (exact) mass is 466 g/mol. The minimum Gasteiger partial charge on any atom is -0.466 e. The molecule has 3 heterocycles. The van der Waals surface area contributed by atoms with E-state index in [1.54, 1.807) is 12.4 Å². The van der Waals surface area contributed by atoms with E-state index in [2.05, 4.69) is 9.97 Å². The average Bonchev–Trinajstić information content (AvgIpc) is 3.39. The van der Waals surface area contributed by atoms with Crippen LogP contribution < -0.4 is 0 Å². The molecule has 0 aliphatic heterocycles. The Bertz CT molecular complexity index is 1300. The third-order valence-corrected chi connectivity index (χ3v) is 7.75. The number of hydrogen-bond donors (Lipinski definition) is 0. The summed E-state index contributed by atoms with van der Waals surface area (Å²) in [7, 11) is 0. The van der Waals surface area contributed by atoms with Crippen molar-refractivity contribution in [3.05, 3.63) is 58.7 Å².